The molecule has 0 aromatic heterocycles. The minimum absolute atomic E-state index is 0.0745. The molecule has 0 saturated carbocycles. The molecule has 5 heteroatoms. The van der Waals surface area contributed by atoms with Crippen molar-refractivity contribution in [1.82, 2.24) is 5.32 Å². The molecule has 0 heterocycles. The summed E-state index contributed by atoms with van der Waals surface area (Å²) in [6.07, 6.45) is 0. The molecule has 2 unspecified atom stereocenters. The number of benzene rings is 2. The van der Waals surface area contributed by atoms with Crippen molar-refractivity contribution >= 4 is 39.1 Å². The van der Waals surface area contributed by atoms with Crippen LogP contribution in [0.1, 0.15) is 37.1 Å². The largest absolute Gasteiger partial charge is 0.304 e. The standard InChI is InChI=1S/C16H15BrCl2FN/c1-9(11-3-5-12(17)6-4-11)21-10(2)15-13(18)7-8-14(20)16(15)19/h3-10,21H,1-2H3. The molecule has 0 aliphatic heterocycles. The Labute approximate surface area is 142 Å². The quantitative estimate of drug-likeness (QED) is 0.603. The molecule has 0 aliphatic carbocycles. The van der Waals surface area contributed by atoms with Crippen LogP contribution in [0, 0.1) is 5.82 Å². The highest BCUT2D eigenvalue weighted by atomic mass is 79.9. The lowest BCUT2D eigenvalue weighted by atomic mass is 10.0. The minimum Gasteiger partial charge on any atom is -0.304 e. The molecule has 0 fully saturated rings. The van der Waals surface area contributed by atoms with Crippen molar-refractivity contribution in [2.45, 2.75) is 25.9 Å². The molecule has 2 aromatic carbocycles. The van der Waals surface area contributed by atoms with E-state index in [0.29, 0.717) is 10.6 Å². The van der Waals surface area contributed by atoms with Crippen molar-refractivity contribution in [3.63, 3.8) is 0 Å². The Hall–Kier alpha value is -0.610. The first-order chi connectivity index (χ1) is 9.90. The highest BCUT2D eigenvalue weighted by molar-refractivity contribution is 9.10. The van der Waals surface area contributed by atoms with Crippen LogP contribution < -0.4 is 5.32 Å². The second kappa shape index (κ2) is 7.10. The molecule has 112 valence electrons. The maximum atomic E-state index is 13.6. The SMILES string of the molecule is CC(NC(C)c1c(Cl)ccc(F)c1Cl)c1ccc(Br)cc1. The van der Waals surface area contributed by atoms with E-state index in [4.69, 9.17) is 23.2 Å². The predicted molar refractivity (Wildman–Crippen MR) is 90.5 cm³/mol. The van der Waals surface area contributed by atoms with E-state index in [1.54, 1.807) is 0 Å². The van der Waals surface area contributed by atoms with Gasteiger partial charge in [0, 0.05) is 27.1 Å². The summed E-state index contributed by atoms with van der Waals surface area (Å²) in [5.41, 5.74) is 1.72. The van der Waals surface area contributed by atoms with Gasteiger partial charge in [0.1, 0.15) is 5.82 Å². The average Bonchev–Trinajstić information content (AvgIpc) is 2.44. The van der Waals surface area contributed by atoms with Crippen molar-refractivity contribution < 1.29 is 4.39 Å². The Morgan fingerprint density at radius 1 is 1.00 bits per heavy atom. The summed E-state index contributed by atoms with van der Waals surface area (Å²) in [4.78, 5) is 0. The molecule has 0 saturated heterocycles. The third-order valence-electron chi connectivity index (χ3n) is 3.38. The van der Waals surface area contributed by atoms with Crippen molar-refractivity contribution in [2.75, 3.05) is 0 Å². The van der Waals surface area contributed by atoms with E-state index < -0.39 is 5.82 Å². The van der Waals surface area contributed by atoms with Crippen LogP contribution in [-0.4, -0.2) is 0 Å². The Balaban J connectivity index is 2.20. The van der Waals surface area contributed by atoms with Crippen molar-refractivity contribution in [1.29, 1.82) is 0 Å². The van der Waals surface area contributed by atoms with E-state index in [2.05, 4.69) is 21.2 Å². The molecule has 2 aromatic rings. The van der Waals surface area contributed by atoms with Gasteiger partial charge in [-0.05, 0) is 43.7 Å². The van der Waals surface area contributed by atoms with Crippen LogP contribution in [0.2, 0.25) is 10.0 Å². The summed E-state index contributed by atoms with van der Waals surface area (Å²) in [7, 11) is 0. The molecule has 2 atom stereocenters. The number of halogens is 4. The highest BCUT2D eigenvalue weighted by Crippen LogP contribution is 2.33. The normalized spacial score (nSPS) is 14.0. The van der Waals surface area contributed by atoms with Gasteiger partial charge in [0.25, 0.3) is 0 Å². The van der Waals surface area contributed by atoms with Crippen LogP contribution >= 0.6 is 39.1 Å². The smallest absolute Gasteiger partial charge is 0.142 e. The molecule has 0 bridgehead atoms. The van der Waals surface area contributed by atoms with Crippen LogP contribution in [-0.2, 0) is 0 Å². The number of nitrogens with one attached hydrogen (secondary N) is 1. The fraction of sp³-hybridized carbons (Fsp3) is 0.250. The second-order valence-corrected chi connectivity index (χ2v) is 6.62. The van der Waals surface area contributed by atoms with E-state index in [1.165, 1.54) is 12.1 Å². The molecular weight excluding hydrogens is 376 g/mol. The molecule has 1 nitrogen and oxygen atoms in total. The van der Waals surface area contributed by atoms with Gasteiger partial charge < -0.3 is 5.32 Å². The first kappa shape index (κ1) is 16.8. The zero-order chi connectivity index (χ0) is 15.6. The molecule has 2 rings (SSSR count). The van der Waals surface area contributed by atoms with E-state index in [-0.39, 0.29) is 17.1 Å². The van der Waals surface area contributed by atoms with E-state index in [9.17, 15) is 4.39 Å². The molecular formula is C16H15BrCl2FN. The molecule has 0 aliphatic rings. The van der Waals surface area contributed by atoms with E-state index in [1.807, 2.05) is 38.1 Å². The van der Waals surface area contributed by atoms with Gasteiger partial charge in [-0.1, -0.05) is 51.3 Å². The highest BCUT2D eigenvalue weighted by Gasteiger charge is 2.19. The minimum atomic E-state index is -0.457. The van der Waals surface area contributed by atoms with Crippen LogP contribution in [0.3, 0.4) is 0 Å². The zero-order valence-corrected chi connectivity index (χ0v) is 14.7. The Morgan fingerprint density at radius 3 is 2.24 bits per heavy atom. The first-order valence-corrected chi connectivity index (χ1v) is 8.10. The molecule has 0 spiro atoms. The zero-order valence-electron chi connectivity index (χ0n) is 11.6. The maximum absolute atomic E-state index is 13.6. The topological polar surface area (TPSA) is 12.0 Å². The number of hydrogen-bond donors (Lipinski definition) is 1. The van der Waals surface area contributed by atoms with Gasteiger partial charge in [-0.25, -0.2) is 4.39 Å². The van der Waals surface area contributed by atoms with Crippen LogP contribution in [0.5, 0.6) is 0 Å². The van der Waals surface area contributed by atoms with Crippen LogP contribution in [0.25, 0.3) is 0 Å². The van der Waals surface area contributed by atoms with Crippen LogP contribution in [0.4, 0.5) is 4.39 Å². The van der Waals surface area contributed by atoms with Crippen molar-refractivity contribution in [3.05, 3.63) is 67.9 Å². The molecule has 0 amide bonds. The summed E-state index contributed by atoms with van der Waals surface area (Å²) in [6.45, 7) is 3.96. The third-order valence-corrected chi connectivity index (χ3v) is 4.62. The van der Waals surface area contributed by atoms with E-state index >= 15 is 0 Å². The molecule has 21 heavy (non-hydrogen) atoms. The summed E-state index contributed by atoms with van der Waals surface area (Å²) in [6, 6.07) is 10.8. The Kier molecular flexibility index (Phi) is 5.67. The lowest BCUT2D eigenvalue weighted by molar-refractivity contribution is 0.492. The molecule has 1 N–H and O–H groups in total. The van der Waals surface area contributed by atoms with Crippen molar-refractivity contribution in [3.8, 4) is 0 Å². The lowest BCUT2D eigenvalue weighted by Crippen LogP contribution is -2.23. The maximum Gasteiger partial charge on any atom is 0.142 e. The van der Waals surface area contributed by atoms with Crippen LogP contribution in [0.15, 0.2) is 40.9 Å². The Bertz CT molecular complexity index is 631. The fourth-order valence-electron chi connectivity index (χ4n) is 2.25. The van der Waals surface area contributed by atoms with E-state index in [0.717, 1.165) is 10.0 Å². The monoisotopic (exact) mass is 389 g/mol. The number of rotatable bonds is 4. The third kappa shape index (κ3) is 3.98. The number of hydrogen-bond acceptors (Lipinski definition) is 1. The van der Waals surface area contributed by atoms with Gasteiger partial charge >= 0.3 is 0 Å². The van der Waals surface area contributed by atoms with Gasteiger partial charge in [-0.2, -0.15) is 0 Å². The van der Waals surface area contributed by atoms with Gasteiger partial charge in [-0.15, -0.1) is 0 Å². The summed E-state index contributed by atoms with van der Waals surface area (Å²) in [5, 5.41) is 3.93. The predicted octanol–water partition coefficient (Wildman–Crippen LogP) is 6.31. The van der Waals surface area contributed by atoms with Crippen molar-refractivity contribution in [2.24, 2.45) is 0 Å². The van der Waals surface area contributed by atoms with Gasteiger partial charge in [0.15, 0.2) is 0 Å². The fourth-order valence-corrected chi connectivity index (χ4v) is 3.21. The first-order valence-electron chi connectivity index (χ1n) is 6.55. The van der Waals surface area contributed by atoms with Gasteiger partial charge in [-0.3, -0.25) is 0 Å². The molecule has 0 radical (unpaired) electrons. The summed E-state index contributed by atoms with van der Waals surface area (Å²) >= 11 is 15.6. The lowest BCUT2D eigenvalue weighted by Gasteiger charge is -2.22. The Morgan fingerprint density at radius 2 is 1.62 bits per heavy atom. The second-order valence-electron chi connectivity index (χ2n) is 4.92. The van der Waals surface area contributed by atoms with Gasteiger partial charge in [0.2, 0.25) is 0 Å². The van der Waals surface area contributed by atoms with Gasteiger partial charge in [0.05, 0.1) is 5.02 Å². The average molecular weight is 391 g/mol. The summed E-state index contributed by atoms with van der Waals surface area (Å²) < 4.78 is 14.6. The summed E-state index contributed by atoms with van der Waals surface area (Å²) in [5.74, 6) is -0.457.